The van der Waals surface area contributed by atoms with Gasteiger partial charge in [-0.1, -0.05) is 11.8 Å². The van der Waals surface area contributed by atoms with Crippen molar-refractivity contribution in [1.82, 2.24) is 19.7 Å². The minimum absolute atomic E-state index is 0.0497. The molecule has 2 aromatic rings. The van der Waals surface area contributed by atoms with Crippen molar-refractivity contribution in [3.63, 3.8) is 0 Å². The van der Waals surface area contributed by atoms with Crippen LogP contribution in [0, 0.1) is 0 Å². The summed E-state index contributed by atoms with van der Waals surface area (Å²) in [4.78, 5) is 4.61. The summed E-state index contributed by atoms with van der Waals surface area (Å²) >= 11 is 3.23. The smallest absolute Gasteiger partial charge is 0.222 e. The highest BCUT2D eigenvalue weighted by molar-refractivity contribution is 7.98. The van der Waals surface area contributed by atoms with Crippen molar-refractivity contribution in [2.75, 3.05) is 12.3 Å². The monoisotopic (exact) mass is 327 g/mol. The molecule has 6 nitrogen and oxygen atoms in total. The molecular formula is C13H21N5OS2. The lowest BCUT2D eigenvalue weighted by Crippen LogP contribution is -2.07. The average Bonchev–Trinajstić information content (AvgIpc) is 3.03. The fourth-order valence-corrected chi connectivity index (χ4v) is 3.80. The molecule has 2 heterocycles. The Balaban J connectivity index is 2.01. The van der Waals surface area contributed by atoms with Gasteiger partial charge in [0.25, 0.3) is 0 Å². The van der Waals surface area contributed by atoms with E-state index in [1.807, 2.05) is 18.4 Å². The van der Waals surface area contributed by atoms with Crippen LogP contribution < -0.4 is 5.73 Å². The second kappa shape index (κ2) is 7.24. The molecule has 0 radical (unpaired) electrons. The van der Waals surface area contributed by atoms with Crippen LogP contribution in [0.25, 0.3) is 0 Å². The van der Waals surface area contributed by atoms with Gasteiger partial charge in [-0.25, -0.2) is 4.98 Å². The third kappa shape index (κ3) is 3.96. The van der Waals surface area contributed by atoms with Crippen LogP contribution in [0.3, 0.4) is 0 Å². The molecule has 0 unspecified atom stereocenters. The number of ether oxygens (including phenoxy) is 1. The first kappa shape index (κ1) is 16.3. The Morgan fingerprint density at radius 2 is 2.14 bits per heavy atom. The van der Waals surface area contributed by atoms with Gasteiger partial charge < -0.3 is 10.5 Å². The molecule has 1 atom stereocenters. The second-order valence-corrected chi connectivity index (χ2v) is 6.70. The molecule has 0 aliphatic carbocycles. The third-order valence-electron chi connectivity index (χ3n) is 2.89. The maximum atomic E-state index is 5.83. The van der Waals surface area contributed by atoms with Crippen molar-refractivity contribution in [1.29, 1.82) is 0 Å². The maximum absolute atomic E-state index is 5.83. The van der Waals surface area contributed by atoms with Gasteiger partial charge in [-0.3, -0.25) is 4.57 Å². The van der Waals surface area contributed by atoms with Gasteiger partial charge in [-0.15, -0.1) is 21.5 Å². The number of rotatable bonds is 7. The molecule has 116 valence electrons. The van der Waals surface area contributed by atoms with Crippen molar-refractivity contribution in [3.8, 4) is 0 Å². The van der Waals surface area contributed by atoms with E-state index >= 15 is 0 Å². The van der Waals surface area contributed by atoms with Gasteiger partial charge in [0.2, 0.25) is 5.95 Å². The first-order valence-corrected chi connectivity index (χ1v) is 8.78. The predicted octanol–water partition coefficient (Wildman–Crippen LogP) is 3.29. The van der Waals surface area contributed by atoms with Crippen molar-refractivity contribution in [2.24, 2.45) is 0 Å². The fourth-order valence-electron chi connectivity index (χ4n) is 1.91. The van der Waals surface area contributed by atoms with E-state index < -0.39 is 0 Å². The Hall–Kier alpha value is -1.12. The zero-order valence-corrected chi connectivity index (χ0v) is 14.4. The van der Waals surface area contributed by atoms with Gasteiger partial charge in [0, 0.05) is 23.8 Å². The highest BCUT2D eigenvalue weighted by Gasteiger charge is 2.15. The summed E-state index contributed by atoms with van der Waals surface area (Å²) in [5.74, 6) is 1.21. The van der Waals surface area contributed by atoms with Crippen LogP contribution in [-0.2, 0) is 10.5 Å². The first-order valence-electron chi connectivity index (χ1n) is 6.92. The summed E-state index contributed by atoms with van der Waals surface area (Å²) in [5.41, 5.74) is 6.87. The summed E-state index contributed by atoms with van der Waals surface area (Å²) < 4.78 is 7.49. The number of nitrogens with two attached hydrogens (primary N) is 1. The van der Waals surface area contributed by atoms with E-state index in [1.165, 1.54) is 0 Å². The van der Waals surface area contributed by atoms with Crippen LogP contribution in [0.2, 0.25) is 0 Å². The lowest BCUT2D eigenvalue weighted by Gasteiger charge is -2.10. The second-order valence-electron chi connectivity index (χ2n) is 4.87. The van der Waals surface area contributed by atoms with Crippen LogP contribution >= 0.6 is 23.1 Å². The Bertz CT molecular complexity index is 581. The summed E-state index contributed by atoms with van der Waals surface area (Å²) in [6, 6.07) is 0.242. The summed E-state index contributed by atoms with van der Waals surface area (Å²) in [7, 11) is 0. The molecule has 0 aliphatic heterocycles. The van der Waals surface area contributed by atoms with Gasteiger partial charge in [0.15, 0.2) is 5.16 Å². The molecule has 0 spiro atoms. The van der Waals surface area contributed by atoms with Gasteiger partial charge in [0.05, 0.1) is 5.69 Å². The fraction of sp³-hybridized carbons (Fsp3) is 0.615. The SMILES string of the molecule is CCO[C@@H](C)c1nc(CSc2nnc(N)n2C(C)C)cs1. The Morgan fingerprint density at radius 1 is 1.38 bits per heavy atom. The Labute approximate surface area is 133 Å². The number of aromatic nitrogens is 4. The lowest BCUT2D eigenvalue weighted by atomic mass is 10.4. The standard InChI is InChI=1S/C13H21N5OS2/c1-5-19-9(4)11-15-10(6-20-11)7-21-13-17-16-12(14)18(13)8(2)3/h6,8-9H,5,7H2,1-4H3,(H2,14,16)/t9-/m0/s1. The molecule has 0 saturated carbocycles. The van der Waals surface area contributed by atoms with E-state index in [9.17, 15) is 0 Å². The largest absolute Gasteiger partial charge is 0.372 e. The molecular weight excluding hydrogens is 306 g/mol. The molecule has 8 heteroatoms. The van der Waals surface area contributed by atoms with Gasteiger partial charge in [-0.05, 0) is 27.7 Å². The van der Waals surface area contributed by atoms with Crippen molar-refractivity contribution < 1.29 is 4.74 Å². The summed E-state index contributed by atoms with van der Waals surface area (Å²) in [6.45, 7) is 8.84. The number of thioether (sulfide) groups is 1. The molecule has 21 heavy (non-hydrogen) atoms. The van der Waals surface area contributed by atoms with Gasteiger partial charge in [0.1, 0.15) is 11.1 Å². The van der Waals surface area contributed by atoms with Crippen molar-refractivity contribution in [3.05, 3.63) is 16.1 Å². The number of nitrogen functional groups attached to an aromatic ring is 1. The van der Waals surface area contributed by atoms with Crippen molar-refractivity contribution in [2.45, 2.75) is 50.8 Å². The van der Waals surface area contributed by atoms with Crippen molar-refractivity contribution >= 4 is 29.0 Å². The third-order valence-corrected chi connectivity index (χ3v) is 4.92. The van der Waals surface area contributed by atoms with E-state index in [1.54, 1.807) is 23.1 Å². The molecule has 0 bridgehead atoms. The van der Waals surface area contributed by atoms with Gasteiger partial charge in [-0.2, -0.15) is 0 Å². The Morgan fingerprint density at radius 3 is 2.81 bits per heavy atom. The first-order chi connectivity index (χ1) is 10.0. The highest BCUT2D eigenvalue weighted by atomic mass is 32.2. The molecule has 2 N–H and O–H groups in total. The van der Waals surface area contributed by atoms with Crippen LogP contribution in [0.15, 0.2) is 10.5 Å². The molecule has 2 aromatic heterocycles. The zero-order valence-electron chi connectivity index (χ0n) is 12.7. The quantitative estimate of drug-likeness (QED) is 0.786. The van der Waals surface area contributed by atoms with E-state index in [0.29, 0.717) is 12.6 Å². The van der Waals surface area contributed by atoms with Crippen LogP contribution in [-0.4, -0.2) is 26.4 Å². The minimum atomic E-state index is 0.0497. The number of anilines is 1. The van der Waals surface area contributed by atoms with E-state index in [-0.39, 0.29) is 12.1 Å². The van der Waals surface area contributed by atoms with E-state index in [4.69, 9.17) is 10.5 Å². The summed E-state index contributed by atoms with van der Waals surface area (Å²) in [6.07, 6.45) is 0.0497. The summed E-state index contributed by atoms with van der Waals surface area (Å²) in [5, 5.41) is 12.0. The molecule has 0 saturated heterocycles. The normalized spacial score (nSPS) is 13.0. The topological polar surface area (TPSA) is 78.8 Å². The lowest BCUT2D eigenvalue weighted by molar-refractivity contribution is 0.0761. The van der Waals surface area contributed by atoms with E-state index in [2.05, 4.69) is 34.4 Å². The average molecular weight is 327 g/mol. The number of hydrogen-bond acceptors (Lipinski definition) is 7. The zero-order chi connectivity index (χ0) is 15.4. The molecule has 0 fully saturated rings. The number of nitrogens with zero attached hydrogens (tertiary/aromatic N) is 4. The van der Waals surface area contributed by atoms with Crippen LogP contribution in [0.5, 0.6) is 0 Å². The van der Waals surface area contributed by atoms with Crippen LogP contribution in [0.4, 0.5) is 5.95 Å². The molecule has 0 amide bonds. The molecule has 0 aliphatic rings. The number of thiazole rings is 1. The van der Waals surface area contributed by atoms with E-state index in [0.717, 1.165) is 21.6 Å². The minimum Gasteiger partial charge on any atom is -0.372 e. The maximum Gasteiger partial charge on any atom is 0.222 e. The molecule has 0 aromatic carbocycles. The predicted molar refractivity (Wildman–Crippen MR) is 86.5 cm³/mol. The van der Waals surface area contributed by atoms with Gasteiger partial charge >= 0.3 is 0 Å². The molecule has 2 rings (SSSR count). The van der Waals surface area contributed by atoms with Crippen LogP contribution in [0.1, 0.15) is 50.5 Å². The Kier molecular flexibility index (Phi) is 5.60. The highest BCUT2D eigenvalue weighted by Crippen LogP contribution is 2.28. The number of hydrogen-bond donors (Lipinski definition) is 1.